The van der Waals surface area contributed by atoms with Gasteiger partial charge in [0.1, 0.15) is 0 Å². The predicted octanol–water partition coefficient (Wildman–Crippen LogP) is 2.83. The van der Waals surface area contributed by atoms with Crippen molar-refractivity contribution >= 4 is 0 Å². The minimum absolute atomic E-state index is 0.652. The first-order valence-electron chi connectivity index (χ1n) is 5.98. The van der Waals surface area contributed by atoms with E-state index in [4.69, 9.17) is 4.74 Å². The molecule has 0 aromatic rings. The van der Waals surface area contributed by atoms with Crippen LogP contribution >= 0.6 is 0 Å². The van der Waals surface area contributed by atoms with Crippen LogP contribution < -0.4 is 5.32 Å². The van der Waals surface area contributed by atoms with E-state index in [-0.39, 0.29) is 0 Å². The molecule has 0 aromatic carbocycles. The van der Waals surface area contributed by atoms with Crippen molar-refractivity contribution in [1.29, 1.82) is 0 Å². The summed E-state index contributed by atoms with van der Waals surface area (Å²) in [4.78, 5) is 0. The SMILES string of the molecule is CCOCCCNC(C)CCC(C)C. The Morgan fingerprint density at radius 1 is 1.14 bits per heavy atom. The molecule has 14 heavy (non-hydrogen) atoms. The summed E-state index contributed by atoms with van der Waals surface area (Å²) in [6.45, 7) is 11.7. The van der Waals surface area contributed by atoms with E-state index < -0.39 is 0 Å². The Balaban J connectivity index is 3.14. The zero-order valence-corrected chi connectivity index (χ0v) is 10.3. The molecule has 0 aliphatic carbocycles. The fraction of sp³-hybridized carbons (Fsp3) is 1.00. The van der Waals surface area contributed by atoms with E-state index >= 15 is 0 Å². The van der Waals surface area contributed by atoms with Crippen molar-refractivity contribution in [2.24, 2.45) is 5.92 Å². The average Bonchev–Trinajstić information content (AvgIpc) is 2.14. The summed E-state index contributed by atoms with van der Waals surface area (Å²) in [7, 11) is 0. The molecule has 0 spiro atoms. The Morgan fingerprint density at radius 2 is 1.86 bits per heavy atom. The third-order valence-corrected chi connectivity index (χ3v) is 2.34. The number of hydrogen-bond donors (Lipinski definition) is 1. The molecule has 1 unspecified atom stereocenters. The van der Waals surface area contributed by atoms with Crippen molar-refractivity contribution < 1.29 is 4.74 Å². The maximum Gasteiger partial charge on any atom is 0.0477 e. The lowest BCUT2D eigenvalue weighted by Gasteiger charge is -2.14. The van der Waals surface area contributed by atoms with Crippen LogP contribution in [0.5, 0.6) is 0 Å². The van der Waals surface area contributed by atoms with Gasteiger partial charge >= 0.3 is 0 Å². The van der Waals surface area contributed by atoms with Crippen LogP contribution in [0.25, 0.3) is 0 Å². The van der Waals surface area contributed by atoms with Gasteiger partial charge < -0.3 is 10.1 Å². The normalized spacial score (nSPS) is 13.5. The van der Waals surface area contributed by atoms with Crippen molar-refractivity contribution in [3.05, 3.63) is 0 Å². The van der Waals surface area contributed by atoms with E-state index in [1.165, 1.54) is 12.8 Å². The highest BCUT2D eigenvalue weighted by molar-refractivity contribution is 4.61. The average molecular weight is 201 g/mol. The van der Waals surface area contributed by atoms with E-state index in [1.54, 1.807) is 0 Å². The molecule has 0 saturated carbocycles. The van der Waals surface area contributed by atoms with Gasteiger partial charge in [-0.2, -0.15) is 0 Å². The molecule has 0 aromatic heterocycles. The molecule has 86 valence electrons. The molecule has 0 heterocycles. The Bertz CT molecular complexity index is 115. The fourth-order valence-corrected chi connectivity index (χ4v) is 1.35. The third-order valence-electron chi connectivity index (χ3n) is 2.34. The lowest BCUT2D eigenvalue weighted by Crippen LogP contribution is -2.27. The van der Waals surface area contributed by atoms with Gasteiger partial charge in [-0.15, -0.1) is 0 Å². The molecule has 1 atom stereocenters. The van der Waals surface area contributed by atoms with E-state index in [1.807, 2.05) is 6.92 Å². The predicted molar refractivity (Wildman–Crippen MR) is 62.6 cm³/mol. The third kappa shape index (κ3) is 10.0. The number of hydrogen-bond acceptors (Lipinski definition) is 2. The smallest absolute Gasteiger partial charge is 0.0477 e. The van der Waals surface area contributed by atoms with Crippen molar-refractivity contribution in [1.82, 2.24) is 5.32 Å². The van der Waals surface area contributed by atoms with Gasteiger partial charge in [-0.05, 0) is 45.6 Å². The van der Waals surface area contributed by atoms with Crippen LogP contribution in [-0.2, 0) is 4.74 Å². The van der Waals surface area contributed by atoms with Gasteiger partial charge in [-0.3, -0.25) is 0 Å². The molecule has 2 heteroatoms. The Hall–Kier alpha value is -0.0800. The molecule has 1 N–H and O–H groups in total. The Kier molecular flexibility index (Phi) is 9.42. The summed E-state index contributed by atoms with van der Waals surface area (Å²) >= 11 is 0. The molecule has 0 radical (unpaired) electrons. The molecule has 0 amide bonds. The molecule has 0 fully saturated rings. The van der Waals surface area contributed by atoms with Crippen LogP contribution in [0.15, 0.2) is 0 Å². The first-order chi connectivity index (χ1) is 6.66. The maximum atomic E-state index is 5.27. The summed E-state index contributed by atoms with van der Waals surface area (Å²) in [6.07, 6.45) is 3.73. The maximum absolute atomic E-state index is 5.27. The summed E-state index contributed by atoms with van der Waals surface area (Å²) in [5, 5.41) is 3.52. The quantitative estimate of drug-likeness (QED) is 0.579. The lowest BCUT2D eigenvalue weighted by atomic mass is 10.0. The van der Waals surface area contributed by atoms with Crippen LogP contribution in [0.1, 0.15) is 47.0 Å². The zero-order chi connectivity index (χ0) is 10.8. The summed E-state index contributed by atoms with van der Waals surface area (Å²) in [5.74, 6) is 0.822. The highest BCUT2D eigenvalue weighted by Gasteiger charge is 2.02. The molecule has 0 bridgehead atoms. The van der Waals surface area contributed by atoms with Crippen molar-refractivity contribution in [2.75, 3.05) is 19.8 Å². The second kappa shape index (κ2) is 9.47. The van der Waals surface area contributed by atoms with Crippen LogP contribution in [0.2, 0.25) is 0 Å². The monoisotopic (exact) mass is 201 g/mol. The summed E-state index contributed by atoms with van der Waals surface area (Å²) < 4.78 is 5.27. The number of ether oxygens (including phenoxy) is 1. The number of rotatable bonds is 9. The first kappa shape index (κ1) is 13.9. The van der Waals surface area contributed by atoms with E-state index in [9.17, 15) is 0 Å². The van der Waals surface area contributed by atoms with Crippen LogP contribution in [0.3, 0.4) is 0 Å². The molecular weight excluding hydrogens is 174 g/mol. The van der Waals surface area contributed by atoms with Crippen molar-refractivity contribution in [2.45, 2.75) is 53.0 Å². The van der Waals surface area contributed by atoms with E-state index in [0.29, 0.717) is 6.04 Å². The van der Waals surface area contributed by atoms with Gasteiger partial charge in [0.2, 0.25) is 0 Å². The molecule has 0 aliphatic rings. The standard InChI is InChI=1S/C12H27NO/c1-5-14-10-6-9-13-12(4)8-7-11(2)3/h11-13H,5-10H2,1-4H3. The van der Waals surface area contributed by atoms with Gasteiger partial charge in [-0.1, -0.05) is 13.8 Å². The van der Waals surface area contributed by atoms with Gasteiger partial charge in [0.05, 0.1) is 0 Å². The molecule has 0 rings (SSSR count). The lowest BCUT2D eigenvalue weighted by molar-refractivity contribution is 0.144. The van der Waals surface area contributed by atoms with E-state index in [0.717, 1.165) is 32.1 Å². The second-order valence-electron chi connectivity index (χ2n) is 4.38. The summed E-state index contributed by atoms with van der Waals surface area (Å²) in [6, 6.07) is 0.652. The minimum Gasteiger partial charge on any atom is -0.382 e. The van der Waals surface area contributed by atoms with Gasteiger partial charge in [0, 0.05) is 19.3 Å². The highest BCUT2D eigenvalue weighted by Crippen LogP contribution is 2.06. The highest BCUT2D eigenvalue weighted by atomic mass is 16.5. The second-order valence-corrected chi connectivity index (χ2v) is 4.38. The number of nitrogens with one attached hydrogen (secondary N) is 1. The topological polar surface area (TPSA) is 21.3 Å². The molecule has 0 aliphatic heterocycles. The molecule has 0 saturated heterocycles. The Morgan fingerprint density at radius 3 is 2.43 bits per heavy atom. The van der Waals surface area contributed by atoms with Crippen molar-refractivity contribution in [3.63, 3.8) is 0 Å². The Labute approximate surface area is 89.4 Å². The minimum atomic E-state index is 0.652. The largest absolute Gasteiger partial charge is 0.382 e. The fourth-order valence-electron chi connectivity index (χ4n) is 1.35. The van der Waals surface area contributed by atoms with Gasteiger partial charge in [0.25, 0.3) is 0 Å². The summed E-state index contributed by atoms with van der Waals surface area (Å²) in [5.41, 5.74) is 0. The van der Waals surface area contributed by atoms with Crippen LogP contribution in [0, 0.1) is 5.92 Å². The van der Waals surface area contributed by atoms with Gasteiger partial charge in [0.15, 0.2) is 0 Å². The zero-order valence-electron chi connectivity index (χ0n) is 10.3. The molecule has 2 nitrogen and oxygen atoms in total. The van der Waals surface area contributed by atoms with Crippen molar-refractivity contribution in [3.8, 4) is 0 Å². The first-order valence-corrected chi connectivity index (χ1v) is 5.98. The van der Waals surface area contributed by atoms with E-state index in [2.05, 4.69) is 26.1 Å². The van der Waals surface area contributed by atoms with Crippen LogP contribution in [0.4, 0.5) is 0 Å². The molecular formula is C12H27NO. The van der Waals surface area contributed by atoms with Gasteiger partial charge in [-0.25, -0.2) is 0 Å². The van der Waals surface area contributed by atoms with Crippen LogP contribution in [-0.4, -0.2) is 25.8 Å².